The van der Waals surface area contributed by atoms with E-state index in [2.05, 4.69) is 41.2 Å². The molecule has 3 rings (SSSR count). The zero-order valence-electron chi connectivity index (χ0n) is 10.4. The maximum Gasteiger partial charge on any atom is 0.165 e. The molecule has 98 valence electrons. The Morgan fingerprint density at radius 1 is 0.850 bits per heavy atom. The number of nitrogens with one attached hydrogen (secondary N) is 1. The van der Waals surface area contributed by atoms with Gasteiger partial charge < -0.3 is 5.32 Å². The zero-order chi connectivity index (χ0) is 13.8. The Balaban J connectivity index is 1.95. The summed E-state index contributed by atoms with van der Waals surface area (Å²) >= 11 is 3.38. The van der Waals surface area contributed by atoms with E-state index >= 15 is 0 Å². The van der Waals surface area contributed by atoms with Gasteiger partial charge in [-0.3, -0.25) is 4.98 Å². The maximum atomic E-state index is 4.51. The van der Waals surface area contributed by atoms with Crippen molar-refractivity contribution in [3.05, 3.63) is 59.6 Å². The van der Waals surface area contributed by atoms with E-state index in [0.717, 1.165) is 5.69 Å². The quantitative estimate of drug-likeness (QED) is 0.798. The smallest absolute Gasteiger partial charge is 0.165 e. The molecule has 0 spiro atoms. The fourth-order valence-electron chi connectivity index (χ4n) is 1.65. The van der Waals surface area contributed by atoms with Gasteiger partial charge in [0.1, 0.15) is 16.1 Å². The molecular weight excluding hydrogens is 318 g/mol. The number of hydrogen-bond acceptors (Lipinski definition) is 5. The van der Waals surface area contributed by atoms with Gasteiger partial charge in [-0.15, -0.1) is 0 Å². The lowest BCUT2D eigenvalue weighted by atomic mass is 10.3. The highest BCUT2D eigenvalue weighted by atomic mass is 79.9. The Morgan fingerprint density at radius 2 is 1.65 bits per heavy atom. The Labute approximate surface area is 124 Å². The van der Waals surface area contributed by atoms with E-state index in [1.165, 1.54) is 0 Å². The van der Waals surface area contributed by atoms with Crippen molar-refractivity contribution in [1.82, 2.24) is 19.9 Å². The summed E-state index contributed by atoms with van der Waals surface area (Å²) in [6, 6.07) is 11.3. The minimum absolute atomic E-state index is 0.604. The number of nitrogens with zero attached hydrogens (tertiary/aromatic N) is 4. The van der Waals surface area contributed by atoms with Crippen molar-refractivity contribution in [2.45, 2.75) is 0 Å². The third-order valence-electron chi connectivity index (χ3n) is 2.57. The van der Waals surface area contributed by atoms with Crippen molar-refractivity contribution in [2.24, 2.45) is 0 Å². The number of anilines is 2. The van der Waals surface area contributed by atoms with Gasteiger partial charge in [-0.2, -0.15) is 0 Å². The van der Waals surface area contributed by atoms with E-state index in [4.69, 9.17) is 0 Å². The first-order valence-electron chi connectivity index (χ1n) is 5.95. The van der Waals surface area contributed by atoms with E-state index in [1.54, 1.807) is 18.6 Å². The van der Waals surface area contributed by atoms with E-state index < -0.39 is 0 Å². The van der Waals surface area contributed by atoms with Gasteiger partial charge in [0, 0.05) is 12.4 Å². The van der Waals surface area contributed by atoms with Crippen molar-refractivity contribution in [2.75, 3.05) is 5.32 Å². The first-order chi connectivity index (χ1) is 9.83. The van der Waals surface area contributed by atoms with Gasteiger partial charge in [0.25, 0.3) is 0 Å². The van der Waals surface area contributed by atoms with E-state index in [0.29, 0.717) is 21.9 Å². The third-order valence-corrected chi connectivity index (χ3v) is 3.15. The van der Waals surface area contributed by atoms with Crippen LogP contribution in [0.1, 0.15) is 0 Å². The summed E-state index contributed by atoms with van der Waals surface area (Å²) in [6.45, 7) is 0. The molecule has 0 saturated carbocycles. The number of rotatable bonds is 3. The second-order valence-electron chi connectivity index (χ2n) is 3.95. The largest absolute Gasteiger partial charge is 0.323 e. The van der Waals surface area contributed by atoms with Crippen LogP contribution in [-0.2, 0) is 0 Å². The van der Waals surface area contributed by atoms with Gasteiger partial charge in [0.05, 0.1) is 11.9 Å². The average molecular weight is 328 g/mol. The monoisotopic (exact) mass is 327 g/mol. The number of hydrogen-bond donors (Lipinski definition) is 1. The molecule has 1 N–H and O–H groups in total. The molecule has 0 atom stereocenters. The summed E-state index contributed by atoms with van der Waals surface area (Å²) in [5.74, 6) is 1.31. The average Bonchev–Trinajstić information content (AvgIpc) is 2.51. The molecule has 0 aromatic carbocycles. The van der Waals surface area contributed by atoms with E-state index in [-0.39, 0.29) is 0 Å². The number of pyridine rings is 2. The molecule has 3 heterocycles. The highest BCUT2D eigenvalue weighted by molar-refractivity contribution is 9.10. The Kier molecular flexibility index (Phi) is 3.64. The topological polar surface area (TPSA) is 63.6 Å². The molecule has 0 bridgehead atoms. The first kappa shape index (κ1) is 12.7. The SMILES string of the molecule is Brc1ncc(-c2ccccn2)nc1Nc1ccccn1. The van der Waals surface area contributed by atoms with Crippen molar-refractivity contribution in [3.63, 3.8) is 0 Å². The van der Waals surface area contributed by atoms with Crippen LogP contribution in [0, 0.1) is 0 Å². The molecule has 3 aromatic heterocycles. The van der Waals surface area contributed by atoms with Gasteiger partial charge in [-0.1, -0.05) is 12.1 Å². The Morgan fingerprint density at radius 3 is 2.35 bits per heavy atom. The molecule has 0 unspecified atom stereocenters. The van der Waals surface area contributed by atoms with Crippen LogP contribution < -0.4 is 5.32 Å². The molecule has 20 heavy (non-hydrogen) atoms. The molecule has 0 aliphatic carbocycles. The predicted molar refractivity (Wildman–Crippen MR) is 80.5 cm³/mol. The second kappa shape index (κ2) is 5.75. The predicted octanol–water partition coefficient (Wildman–Crippen LogP) is 3.44. The number of halogens is 1. The lowest BCUT2D eigenvalue weighted by Gasteiger charge is -2.07. The molecule has 0 fully saturated rings. The summed E-state index contributed by atoms with van der Waals surface area (Å²) in [6.07, 6.45) is 5.12. The lowest BCUT2D eigenvalue weighted by Crippen LogP contribution is -2.00. The van der Waals surface area contributed by atoms with Crippen LogP contribution in [0.2, 0.25) is 0 Å². The molecule has 5 nitrogen and oxygen atoms in total. The first-order valence-corrected chi connectivity index (χ1v) is 6.74. The summed E-state index contributed by atoms with van der Waals surface area (Å²) < 4.78 is 0.628. The standard InChI is InChI=1S/C14H10BrN5/c15-13-14(20-12-6-2-4-8-17-12)19-11(9-18-13)10-5-1-3-7-16-10/h1-9H,(H,17,19,20). The molecule has 0 amide bonds. The van der Waals surface area contributed by atoms with E-state index in [1.807, 2.05) is 36.4 Å². The minimum atomic E-state index is 0.604. The highest BCUT2D eigenvalue weighted by Gasteiger charge is 2.08. The van der Waals surface area contributed by atoms with Crippen LogP contribution >= 0.6 is 15.9 Å². The van der Waals surface area contributed by atoms with Gasteiger partial charge in [-0.05, 0) is 40.2 Å². The summed E-state index contributed by atoms with van der Waals surface area (Å²) in [5, 5.41) is 3.12. The molecule has 3 aromatic rings. The van der Waals surface area contributed by atoms with E-state index in [9.17, 15) is 0 Å². The normalized spacial score (nSPS) is 10.2. The molecular formula is C14H10BrN5. The van der Waals surface area contributed by atoms with Crippen LogP contribution in [-0.4, -0.2) is 19.9 Å². The maximum absolute atomic E-state index is 4.51. The second-order valence-corrected chi connectivity index (χ2v) is 4.70. The molecule has 6 heteroatoms. The zero-order valence-corrected chi connectivity index (χ0v) is 11.9. The number of aromatic nitrogens is 4. The molecule has 0 saturated heterocycles. The Hall–Kier alpha value is -2.34. The van der Waals surface area contributed by atoms with Crippen molar-refractivity contribution in [1.29, 1.82) is 0 Å². The fourth-order valence-corrected chi connectivity index (χ4v) is 1.94. The molecule has 0 aliphatic rings. The summed E-state index contributed by atoms with van der Waals surface area (Å²) in [7, 11) is 0. The van der Waals surface area contributed by atoms with Gasteiger partial charge in [0.15, 0.2) is 5.82 Å². The molecule has 0 radical (unpaired) electrons. The molecule has 0 aliphatic heterocycles. The van der Waals surface area contributed by atoms with Crippen molar-refractivity contribution >= 4 is 27.6 Å². The van der Waals surface area contributed by atoms with Crippen LogP contribution in [0.4, 0.5) is 11.6 Å². The van der Waals surface area contributed by atoms with Gasteiger partial charge in [0.2, 0.25) is 0 Å². The van der Waals surface area contributed by atoms with Crippen LogP contribution in [0.3, 0.4) is 0 Å². The summed E-state index contributed by atoms with van der Waals surface area (Å²) in [5.41, 5.74) is 1.48. The summed E-state index contributed by atoms with van der Waals surface area (Å²) in [4.78, 5) is 17.3. The van der Waals surface area contributed by atoms with Crippen LogP contribution in [0.25, 0.3) is 11.4 Å². The minimum Gasteiger partial charge on any atom is -0.323 e. The van der Waals surface area contributed by atoms with Gasteiger partial charge >= 0.3 is 0 Å². The van der Waals surface area contributed by atoms with Gasteiger partial charge in [-0.25, -0.2) is 15.0 Å². The lowest BCUT2D eigenvalue weighted by molar-refractivity contribution is 1.14. The van der Waals surface area contributed by atoms with Crippen LogP contribution in [0.5, 0.6) is 0 Å². The highest BCUT2D eigenvalue weighted by Crippen LogP contribution is 2.23. The van der Waals surface area contributed by atoms with Crippen molar-refractivity contribution in [3.8, 4) is 11.4 Å². The van der Waals surface area contributed by atoms with Crippen molar-refractivity contribution < 1.29 is 0 Å². The third kappa shape index (κ3) is 2.80. The Bertz CT molecular complexity index is 703. The fraction of sp³-hybridized carbons (Fsp3) is 0. The van der Waals surface area contributed by atoms with Crippen LogP contribution in [0.15, 0.2) is 59.6 Å².